The minimum Gasteiger partial charge on any atom is -0.119 e. The van der Waals surface area contributed by atoms with E-state index in [0.29, 0.717) is 0 Å². The zero-order valence-electron chi connectivity index (χ0n) is 5.58. The molecule has 0 nitrogen and oxygen atoms in total. The third-order valence-electron chi connectivity index (χ3n) is 1.58. The van der Waals surface area contributed by atoms with E-state index in [9.17, 15) is 0 Å². The van der Waals surface area contributed by atoms with Crippen molar-refractivity contribution in [2.75, 3.05) is 0 Å². The highest BCUT2D eigenvalue weighted by Gasteiger charge is 2.40. The van der Waals surface area contributed by atoms with Gasteiger partial charge in [-0.3, -0.25) is 0 Å². The summed E-state index contributed by atoms with van der Waals surface area (Å²) in [5, 5.41) is -1.53. The standard InChI is InChI=1S/C6H4Cl6/c7-1-2(8)4(10)6(12)5(11)3(1)9/h1-4H. The number of hydrogen-bond donors (Lipinski definition) is 0. The first-order valence-electron chi connectivity index (χ1n) is 3.08. The fourth-order valence-corrected chi connectivity index (χ4v) is 2.85. The maximum atomic E-state index is 5.85. The van der Waals surface area contributed by atoms with Crippen LogP contribution in [0.2, 0.25) is 0 Å². The molecule has 12 heavy (non-hydrogen) atoms. The van der Waals surface area contributed by atoms with Crippen LogP contribution in [-0.4, -0.2) is 21.5 Å². The maximum Gasteiger partial charge on any atom is 0.0882 e. The van der Waals surface area contributed by atoms with Gasteiger partial charge in [0, 0.05) is 0 Å². The third-order valence-corrected chi connectivity index (χ3v) is 5.19. The highest BCUT2D eigenvalue weighted by atomic mass is 35.5. The number of halogens is 6. The molecule has 0 radical (unpaired) electrons. The van der Waals surface area contributed by atoms with Crippen molar-refractivity contribution in [2.45, 2.75) is 21.5 Å². The van der Waals surface area contributed by atoms with Gasteiger partial charge in [0.05, 0.1) is 31.6 Å². The molecule has 70 valence electrons. The summed E-state index contributed by atoms with van der Waals surface area (Å²) in [6, 6.07) is 0. The van der Waals surface area contributed by atoms with Crippen molar-refractivity contribution in [3.8, 4) is 0 Å². The smallest absolute Gasteiger partial charge is 0.0882 e. The molecule has 0 aliphatic heterocycles. The van der Waals surface area contributed by atoms with Gasteiger partial charge in [0.15, 0.2) is 0 Å². The Morgan fingerprint density at radius 2 is 0.917 bits per heavy atom. The predicted octanol–water partition coefficient (Wildman–Crippen LogP) is 4.12. The van der Waals surface area contributed by atoms with Gasteiger partial charge in [-0.25, -0.2) is 0 Å². The van der Waals surface area contributed by atoms with Gasteiger partial charge in [0.2, 0.25) is 0 Å². The van der Waals surface area contributed by atoms with Gasteiger partial charge in [0.25, 0.3) is 0 Å². The van der Waals surface area contributed by atoms with Crippen molar-refractivity contribution in [1.29, 1.82) is 0 Å². The monoisotopic (exact) mass is 286 g/mol. The fraction of sp³-hybridized carbons (Fsp3) is 0.667. The van der Waals surface area contributed by atoms with E-state index in [-0.39, 0.29) is 10.1 Å². The van der Waals surface area contributed by atoms with Crippen molar-refractivity contribution in [3.63, 3.8) is 0 Å². The molecule has 4 atom stereocenters. The zero-order valence-corrected chi connectivity index (χ0v) is 10.1. The summed E-state index contributed by atoms with van der Waals surface area (Å²) >= 11 is 34.9. The summed E-state index contributed by atoms with van der Waals surface area (Å²) in [6.45, 7) is 0. The molecule has 1 aliphatic carbocycles. The van der Waals surface area contributed by atoms with Crippen LogP contribution in [0, 0.1) is 0 Å². The maximum absolute atomic E-state index is 5.85. The Hall–Kier alpha value is 1.48. The van der Waals surface area contributed by atoms with Gasteiger partial charge in [-0.05, 0) is 0 Å². The summed E-state index contributed by atoms with van der Waals surface area (Å²) < 4.78 is 0. The summed E-state index contributed by atoms with van der Waals surface area (Å²) in [7, 11) is 0. The average molecular weight is 289 g/mol. The third kappa shape index (κ3) is 1.94. The molecule has 0 bridgehead atoms. The lowest BCUT2D eigenvalue weighted by molar-refractivity contribution is 0.742. The zero-order chi connectivity index (χ0) is 9.46. The van der Waals surface area contributed by atoms with Gasteiger partial charge in [-0.2, -0.15) is 0 Å². The summed E-state index contributed by atoms with van der Waals surface area (Å²) in [4.78, 5) is 0. The molecule has 0 saturated heterocycles. The number of alkyl halides is 4. The first kappa shape index (κ1) is 11.6. The Morgan fingerprint density at radius 1 is 0.667 bits per heavy atom. The first-order chi connectivity index (χ1) is 5.46. The number of rotatable bonds is 0. The fourth-order valence-electron chi connectivity index (χ4n) is 0.866. The van der Waals surface area contributed by atoms with Crippen LogP contribution >= 0.6 is 69.6 Å². The van der Waals surface area contributed by atoms with Crippen molar-refractivity contribution in [2.24, 2.45) is 0 Å². The number of allylic oxidation sites excluding steroid dienone is 2. The minimum atomic E-state index is -0.557. The molecule has 0 saturated carbocycles. The molecular weight excluding hydrogens is 285 g/mol. The van der Waals surface area contributed by atoms with E-state index in [4.69, 9.17) is 69.6 Å². The summed E-state index contributed by atoms with van der Waals surface area (Å²) in [5.74, 6) is 0. The molecule has 6 heteroatoms. The molecule has 0 aromatic rings. The first-order valence-corrected chi connectivity index (χ1v) is 5.58. The van der Waals surface area contributed by atoms with Crippen molar-refractivity contribution < 1.29 is 0 Å². The van der Waals surface area contributed by atoms with Gasteiger partial charge in [-0.15, -0.1) is 46.4 Å². The average Bonchev–Trinajstić information content (AvgIpc) is 2.08. The lowest BCUT2D eigenvalue weighted by Crippen LogP contribution is -2.38. The molecule has 0 heterocycles. The predicted molar refractivity (Wildman–Crippen MR) is 57.3 cm³/mol. The Labute approximate surface area is 101 Å². The molecular formula is C6H4Cl6. The summed E-state index contributed by atoms with van der Waals surface area (Å²) in [6.07, 6.45) is 0. The quantitative estimate of drug-likeness (QED) is 0.588. The van der Waals surface area contributed by atoms with Gasteiger partial charge in [-0.1, -0.05) is 23.2 Å². The van der Waals surface area contributed by atoms with E-state index in [1.54, 1.807) is 0 Å². The van der Waals surface area contributed by atoms with Gasteiger partial charge >= 0.3 is 0 Å². The van der Waals surface area contributed by atoms with Crippen LogP contribution in [-0.2, 0) is 0 Å². The SMILES string of the molecule is ClC1=C(Cl)C(Cl)C(Cl)C(Cl)C1Cl. The second-order valence-corrected chi connectivity index (χ2v) is 5.15. The molecule has 1 rings (SSSR count). The van der Waals surface area contributed by atoms with Crippen LogP contribution in [0.3, 0.4) is 0 Å². The molecule has 0 aromatic heterocycles. The summed E-state index contributed by atoms with van der Waals surface area (Å²) in [5.41, 5.74) is 0. The molecule has 0 N–H and O–H groups in total. The Kier molecular flexibility index (Phi) is 4.17. The largest absolute Gasteiger partial charge is 0.119 e. The van der Waals surface area contributed by atoms with E-state index in [1.165, 1.54) is 0 Å². The van der Waals surface area contributed by atoms with Crippen LogP contribution in [0.4, 0.5) is 0 Å². The van der Waals surface area contributed by atoms with Crippen LogP contribution in [0.5, 0.6) is 0 Å². The molecule has 0 aromatic carbocycles. The molecule has 0 spiro atoms. The molecule has 0 amide bonds. The van der Waals surface area contributed by atoms with Crippen molar-refractivity contribution in [3.05, 3.63) is 10.1 Å². The lowest BCUT2D eigenvalue weighted by Gasteiger charge is -2.30. The normalized spacial score (nSPS) is 43.5. The van der Waals surface area contributed by atoms with E-state index < -0.39 is 21.5 Å². The highest BCUT2D eigenvalue weighted by molar-refractivity contribution is 6.50. The Balaban J connectivity index is 3.00. The second kappa shape index (κ2) is 4.33. The van der Waals surface area contributed by atoms with Crippen LogP contribution in [0.15, 0.2) is 10.1 Å². The van der Waals surface area contributed by atoms with E-state index >= 15 is 0 Å². The Morgan fingerprint density at radius 3 is 1.17 bits per heavy atom. The van der Waals surface area contributed by atoms with Crippen LogP contribution < -0.4 is 0 Å². The Bertz CT molecular complexity index is 190. The number of hydrogen-bond acceptors (Lipinski definition) is 0. The molecule has 4 unspecified atom stereocenters. The lowest BCUT2D eigenvalue weighted by atomic mass is 10.1. The molecule has 1 aliphatic rings. The van der Waals surface area contributed by atoms with E-state index in [0.717, 1.165) is 0 Å². The second-order valence-electron chi connectivity index (χ2n) is 2.39. The highest BCUT2D eigenvalue weighted by Crippen LogP contribution is 2.41. The van der Waals surface area contributed by atoms with Crippen LogP contribution in [0.1, 0.15) is 0 Å². The topological polar surface area (TPSA) is 0 Å². The van der Waals surface area contributed by atoms with Crippen LogP contribution in [0.25, 0.3) is 0 Å². The molecule has 0 fully saturated rings. The van der Waals surface area contributed by atoms with Crippen molar-refractivity contribution in [1.82, 2.24) is 0 Å². The minimum absolute atomic E-state index is 0.287. The van der Waals surface area contributed by atoms with Gasteiger partial charge < -0.3 is 0 Å². The van der Waals surface area contributed by atoms with E-state index in [1.807, 2.05) is 0 Å². The van der Waals surface area contributed by atoms with Gasteiger partial charge in [0.1, 0.15) is 0 Å². The van der Waals surface area contributed by atoms with E-state index in [2.05, 4.69) is 0 Å². The van der Waals surface area contributed by atoms with Crippen molar-refractivity contribution >= 4 is 69.6 Å².